The lowest BCUT2D eigenvalue weighted by Gasteiger charge is -2.34. The van der Waals surface area contributed by atoms with Crippen molar-refractivity contribution in [3.63, 3.8) is 0 Å². The van der Waals surface area contributed by atoms with Crippen molar-refractivity contribution in [1.29, 1.82) is 0 Å². The largest absolute Gasteiger partial charge is 0.352 e. The quantitative estimate of drug-likeness (QED) is 0.652. The Balaban J connectivity index is 1.47. The minimum Gasteiger partial charge on any atom is -0.352 e. The van der Waals surface area contributed by atoms with Crippen LogP contribution in [0.25, 0.3) is 5.82 Å². The predicted molar refractivity (Wildman–Crippen MR) is 96.5 cm³/mol. The van der Waals surface area contributed by atoms with E-state index in [1.165, 1.54) is 0 Å². The predicted octanol–water partition coefficient (Wildman–Crippen LogP) is 1.45. The van der Waals surface area contributed by atoms with Crippen LogP contribution in [0, 0.1) is 11.6 Å². The van der Waals surface area contributed by atoms with Crippen LogP contribution in [0.3, 0.4) is 0 Å². The van der Waals surface area contributed by atoms with Crippen molar-refractivity contribution in [3.8, 4) is 5.82 Å². The van der Waals surface area contributed by atoms with E-state index in [9.17, 15) is 17.2 Å². The van der Waals surface area contributed by atoms with Crippen molar-refractivity contribution in [3.05, 3.63) is 60.7 Å². The summed E-state index contributed by atoms with van der Waals surface area (Å²) in [6, 6.07) is 6.56. The van der Waals surface area contributed by atoms with E-state index in [0.717, 1.165) is 22.5 Å². The normalized spacial score (nSPS) is 15.7. The van der Waals surface area contributed by atoms with Gasteiger partial charge in [-0.15, -0.1) is 10.2 Å². The van der Waals surface area contributed by atoms with Gasteiger partial charge in [0.25, 0.3) is 0 Å². The number of hydrogen-bond donors (Lipinski definition) is 0. The smallest absolute Gasteiger partial charge is 0.249 e. The first-order valence-electron chi connectivity index (χ1n) is 8.48. The number of sulfonamides is 1. The number of halogens is 2. The van der Waals surface area contributed by atoms with Gasteiger partial charge in [0, 0.05) is 38.6 Å². The van der Waals surface area contributed by atoms with Crippen LogP contribution >= 0.6 is 0 Å². The summed E-state index contributed by atoms with van der Waals surface area (Å²) < 4.78 is 55.9. The fourth-order valence-corrected chi connectivity index (χ4v) is 4.57. The zero-order valence-electron chi connectivity index (χ0n) is 14.6. The van der Waals surface area contributed by atoms with Gasteiger partial charge in [-0.05, 0) is 24.3 Å². The van der Waals surface area contributed by atoms with Crippen LogP contribution in [-0.2, 0) is 10.0 Å². The molecule has 0 aliphatic carbocycles. The van der Waals surface area contributed by atoms with E-state index < -0.39 is 26.6 Å². The number of benzene rings is 1. The molecule has 8 nitrogen and oxygen atoms in total. The van der Waals surface area contributed by atoms with E-state index in [1.54, 1.807) is 35.4 Å². The molecule has 28 heavy (non-hydrogen) atoms. The van der Waals surface area contributed by atoms with Crippen LogP contribution < -0.4 is 4.90 Å². The number of imidazole rings is 1. The molecule has 0 bridgehead atoms. The molecule has 3 aromatic rings. The fourth-order valence-electron chi connectivity index (χ4n) is 3.03. The molecule has 1 aliphatic heterocycles. The molecule has 0 unspecified atom stereocenters. The second-order valence-electron chi connectivity index (χ2n) is 6.16. The van der Waals surface area contributed by atoms with Gasteiger partial charge in [-0.1, -0.05) is 6.07 Å². The summed E-state index contributed by atoms with van der Waals surface area (Å²) in [7, 11) is -4.25. The van der Waals surface area contributed by atoms with Gasteiger partial charge in [0.15, 0.2) is 16.5 Å². The molecule has 3 heterocycles. The Morgan fingerprint density at radius 2 is 1.54 bits per heavy atom. The molecule has 1 saturated heterocycles. The molecule has 1 fully saturated rings. The summed E-state index contributed by atoms with van der Waals surface area (Å²) >= 11 is 0. The van der Waals surface area contributed by atoms with E-state index in [-0.39, 0.29) is 13.1 Å². The highest BCUT2D eigenvalue weighted by Crippen LogP contribution is 2.24. The highest BCUT2D eigenvalue weighted by molar-refractivity contribution is 7.89. The molecule has 4 rings (SSSR count). The number of anilines is 1. The Morgan fingerprint density at radius 1 is 0.893 bits per heavy atom. The van der Waals surface area contributed by atoms with Crippen molar-refractivity contribution >= 4 is 15.8 Å². The minimum absolute atomic E-state index is 0.0844. The third kappa shape index (κ3) is 3.34. The van der Waals surface area contributed by atoms with Crippen LogP contribution in [-0.4, -0.2) is 58.7 Å². The molecule has 0 amide bonds. The summed E-state index contributed by atoms with van der Waals surface area (Å²) in [6.45, 7) is 0.824. The lowest BCUT2D eigenvalue weighted by Crippen LogP contribution is -2.49. The van der Waals surface area contributed by atoms with Gasteiger partial charge in [0.1, 0.15) is 18.0 Å². The number of aromatic nitrogens is 4. The maximum Gasteiger partial charge on any atom is 0.249 e. The molecule has 146 valence electrons. The number of nitrogens with zero attached hydrogens (tertiary/aromatic N) is 6. The third-order valence-electron chi connectivity index (χ3n) is 4.48. The summed E-state index contributed by atoms with van der Waals surface area (Å²) in [6.07, 6.45) is 4.98. The SMILES string of the molecule is O=S(=O)(c1c(F)cccc1F)N1CCN(c2ccc(-n3ccnc3)nn2)CC1. The van der Waals surface area contributed by atoms with Crippen molar-refractivity contribution < 1.29 is 17.2 Å². The van der Waals surface area contributed by atoms with Gasteiger partial charge < -0.3 is 4.90 Å². The maximum atomic E-state index is 13.9. The standard InChI is InChI=1S/C17H16F2N6O2S/c18-13-2-1-3-14(19)17(13)28(26,27)25-10-8-23(9-11-25)15-4-5-16(22-21-15)24-7-6-20-12-24/h1-7,12H,8-11H2. The molecule has 1 aliphatic rings. The number of piperazine rings is 1. The van der Waals surface area contributed by atoms with Crippen molar-refractivity contribution in [2.24, 2.45) is 0 Å². The summed E-state index contributed by atoms with van der Waals surface area (Å²) in [5.41, 5.74) is 0. The Morgan fingerprint density at radius 3 is 2.11 bits per heavy atom. The zero-order valence-corrected chi connectivity index (χ0v) is 15.4. The van der Waals surface area contributed by atoms with Gasteiger partial charge in [-0.25, -0.2) is 22.2 Å². The fraction of sp³-hybridized carbons (Fsp3) is 0.235. The maximum absolute atomic E-state index is 13.9. The van der Waals surface area contributed by atoms with Gasteiger partial charge in [-0.2, -0.15) is 4.31 Å². The van der Waals surface area contributed by atoms with Gasteiger partial charge in [0.2, 0.25) is 10.0 Å². The minimum atomic E-state index is -4.25. The molecule has 2 aromatic heterocycles. The third-order valence-corrected chi connectivity index (χ3v) is 6.44. The molecule has 0 spiro atoms. The molecule has 0 saturated carbocycles. The van der Waals surface area contributed by atoms with E-state index in [0.29, 0.717) is 24.7 Å². The van der Waals surface area contributed by atoms with Crippen LogP contribution in [0.5, 0.6) is 0 Å². The van der Waals surface area contributed by atoms with Crippen molar-refractivity contribution in [2.75, 3.05) is 31.1 Å². The Bertz CT molecular complexity index is 1050. The highest BCUT2D eigenvalue weighted by Gasteiger charge is 2.33. The molecule has 0 atom stereocenters. The van der Waals surface area contributed by atoms with Gasteiger partial charge in [0.05, 0.1) is 0 Å². The number of rotatable bonds is 4. The van der Waals surface area contributed by atoms with Crippen LogP contribution in [0.15, 0.2) is 53.9 Å². The molecular weight excluding hydrogens is 390 g/mol. The molecular formula is C17H16F2N6O2S. The van der Waals surface area contributed by atoms with Crippen LogP contribution in [0.2, 0.25) is 0 Å². The number of hydrogen-bond acceptors (Lipinski definition) is 6. The first kappa shape index (κ1) is 18.4. The monoisotopic (exact) mass is 406 g/mol. The second kappa shape index (κ2) is 7.24. The highest BCUT2D eigenvalue weighted by atomic mass is 32.2. The lowest BCUT2D eigenvalue weighted by atomic mass is 10.3. The molecule has 11 heteroatoms. The second-order valence-corrected chi connectivity index (χ2v) is 8.04. The van der Waals surface area contributed by atoms with Crippen molar-refractivity contribution in [2.45, 2.75) is 4.90 Å². The van der Waals surface area contributed by atoms with Crippen LogP contribution in [0.1, 0.15) is 0 Å². The van der Waals surface area contributed by atoms with E-state index in [4.69, 9.17) is 0 Å². The first-order valence-corrected chi connectivity index (χ1v) is 9.92. The van der Waals surface area contributed by atoms with Gasteiger partial charge in [-0.3, -0.25) is 4.57 Å². The molecule has 1 aromatic carbocycles. The zero-order chi connectivity index (χ0) is 19.7. The Labute approximate surface area is 160 Å². The van der Waals surface area contributed by atoms with E-state index in [1.807, 2.05) is 4.90 Å². The first-order chi connectivity index (χ1) is 13.5. The topological polar surface area (TPSA) is 84.2 Å². The lowest BCUT2D eigenvalue weighted by molar-refractivity contribution is 0.377. The Hall–Kier alpha value is -2.92. The van der Waals surface area contributed by atoms with Crippen LogP contribution in [0.4, 0.5) is 14.6 Å². The summed E-state index contributed by atoms with van der Waals surface area (Å²) in [4.78, 5) is 4.91. The summed E-state index contributed by atoms with van der Waals surface area (Å²) in [5.74, 6) is -0.984. The Kier molecular flexibility index (Phi) is 4.77. The molecule has 0 radical (unpaired) electrons. The van der Waals surface area contributed by atoms with Gasteiger partial charge >= 0.3 is 0 Å². The van der Waals surface area contributed by atoms with Crippen molar-refractivity contribution in [1.82, 2.24) is 24.1 Å². The van der Waals surface area contributed by atoms with E-state index >= 15 is 0 Å². The average molecular weight is 406 g/mol. The molecule has 0 N–H and O–H groups in total. The summed E-state index contributed by atoms with van der Waals surface area (Å²) in [5, 5.41) is 8.31. The average Bonchev–Trinajstić information content (AvgIpc) is 3.23. The van der Waals surface area contributed by atoms with E-state index in [2.05, 4.69) is 15.2 Å².